The second-order valence-corrected chi connectivity index (χ2v) is 8.28. The van der Waals surface area contributed by atoms with E-state index in [-0.39, 0.29) is 11.9 Å². The molecule has 1 fully saturated rings. The van der Waals surface area contributed by atoms with E-state index in [2.05, 4.69) is 34.5 Å². The summed E-state index contributed by atoms with van der Waals surface area (Å²) >= 11 is 0. The monoisotopic (exact) mass is 432 g/mol. The minimum atomic E-state index is -0.155. The third-order valence-corrected chi connectivity index (χ3v) is 5.79. The molecule has 2 amide bonds. The summed E-state index contributed by atoms with van der Waals surface area (Å²) in [6.45, 7) is 9.13. The predicted octanol–water partition coefficient (Wildman–Crippen LogP) is 5.74. The van der Waals surface area contributed by atoms with Crippen molar-refractivity contribution in [3.8, 4) is 11.5 Å². The lowest BCUT2D eigenvalue weighted by molar-refractivity contribution is 0.197. The Morgan fingerprint density at radius 2 is 2.06 bits per heavy atom. The van der Waals surface area contributed by atoms with Crippen molar-refractivity contribution in [1.82, 2.24) is 15.0 Å². The van der Waals surface area contributed by atoms with E-state index in [1.807, 2.05) is 56.0 Å². The van der Waals surface area contributed by atoms with Gasteiger partial charge in [-0.3, -0.25) is 10.3 Å². The van der Waals surface area contributed by atoms with Gasteiger partial charge in [0.15, 0.2) is 0 Å². The Morgan fingerprint density at radius 3 is 2.75 bits per heavy atom. The molecule has 0 bridgehead atoms. The molecular formula is C25H28N4O3. The Balaban J connectivity index is 1.40. The van der Waals surface area contributed by atoms with Crippen LogP contribution < -0.4 is 10.1 Å². The number of nitrogens with one attached hydrogen (secondary N) is 1. The Hall–Kier alpha value is -3.61. The first-order chi connectivity index (χ1) is 15.4. The molecule has 0 spiro atoms. The van der Waals surface area contributed by atoms with Gasteiger partial charge in [0.25, 0.3) is 0 Å². The molecule has 0 saturated carbocycles. The number of urea groups is 1. The topological polar surface area (TPSA) is 80.5 Å². The van der Waals surface area contributed by atoms with E-state index in [0.29, 0.717) is 24.7 Å². The molecule has 2 aromatic heterocycles. The van der Waals surface area contributed by atoms with Crippen molar-refractivity contribution in [3.05, 3.63) is 70.7 Å². The summed E-state index contributed by atoms with van der Waals surface area (Å²) in [6, 6.07) is 11.7. The number of carbonyl (C=O) groups excluding carboxylic acids is 1. The standard InChI is InChI=1S/C25H28N4O3/c1-16-15-29(25(30)27-24-18(3)19(4)28-32-24)11-10-21(16)12-20-6-5-7-22(13-20)31-23-9-8-17(2)26-14-23/h5-9,12-14,16H,10-11,15H2,1-4H3,(H,27,30)/b21-12+. The third kappa shape index (κ3) is 4.99. The molecule has 32 heavy (non-hydrogen) atoms. The number of aromatic nitrogens is 2. The number of pyridine rings is 1. The zero-order valence-electron chi connectivity index (χ0n) is 18.9. The molecule has 166 valence electrons. The highest BCUT2D eigenvalue weighted by molar-refractivity contribution is 5.88. The first-order valence-corrected chi connectivity index (χ1v) is 10.8. The van der Waals surface area contributed by atoms with Gasteiger partial charge in [-0.05, 0) is 62.9 Å². The Kier molecular flexibility index (Phi) is 6.25. The molecule has 1 aliphatic heterocycles. The number of carbonyl (C=O) groups is 1. The number of ether oxygens (including phenoxy) is 1. The summed E-state index contributed by atoms with van der Waals surface area (Å²) in [4.78, 5) is 18.8. The van der Waals surface area contributed by atoms with Crippen molar-refractivity contribution in [2.75, 3.05) is 18.4 Å². The molecular weight excluding hydrogens is 404 g/mol. The Morgan fingerprint density at radius 1 is 1.22 bits per heavy atom. The first-order valence-electron chi connectivity index (χ1n) is 10.8. The smallest absolute Gasteiger partial charge is 0.324 e. The molecule has 1 saturated heterocycles. The zero-order valence-corrected chi connectivity index (χ0v) is 18.9. The highest BCUT2D eigenvalue weighted by atomic mass is 16.5. The first kappa shape index (κ1) is 21.6. The zero-order chi connectivity index (χ0) is 22.7. The average molecular weight is 433 g/mol. The summed E-state index contributed by atoms with van der Waals surface area (Å²) in [5.41, 5.74) is 4.98. The summed E-state index contributed by atoms with van der Waals surface area (Å²) in [5.74, 6) is 2.15. The van der Waals surface area contributed by atoms with Gasteiger partial charge in [-0.25, -0.2) is 4.79 Å². The van der Waals surface area contributed by atoms with Crippen LogP contribution in [0.3, 0.4) is 0 Å². The van der Waals surface area contributed by atoms with Crippen LogP contribution in [0, 0.1) is 26.7 Å². The predicted molar refractivity (Wildman–Crippen MR) is 124 cm³/mol. The lowest BCUT2D eigenvalue weighted by atomic mass is 9.91. The number of rotatable bonds is 4. The number of nitrogens with zero attached hydrogens (tertiary/aromatic N) is 3. The van der Waals surface area contributed by atoms with Crippen LogP contribution in [0.15, 0.2) is 52.7 Å². The third-order valence-electron chi connectivity index (χ3n) is 5.79. The summed E-state index contributed by atoms with van der Waals surface area (Å²) in [7, 11) is 0. The number of piperidine rings is 1. The average Bonchev–Trinajstić information content (AvgIpc) is 3.09. The van der Waals surface area contributed by atoms with Crippen molar-refractivity contribution >= 4 is 18.0 Å². The van der Waals surface area contributed by atoms with Gasteiger partial charge in [-0.15, -0.1) is 0 Å². The maximum atomic E-state index is 12.7. The van der Waals surface area contributed by atoms with Gasteiger partial charge in [-0.2, -0.15) is 0 Å². The molecule has 1 aliphatic rings. The van der Waals surface area contributed by atoms with E-state index in [0.717, 1.165) is 34.7 Å². The molecule has 0 aliphatic carbocycles. The quantitative estimate of drug-likeness (QED) is 0.568. The van der Waals surface area contributed by atoms with Crippen LogP contribution in [0.5, 0.6) is 11.5 Å². The van der Waals surface area contributed by atoms with Crippen LogP contribution in [0.25, 0.3) is 6.08 Å². The lowest BCUT2D eigenvalue weighted by Crippen LogP contribution is -2.42. The largest absolute Gasteiger partial charge is 0.456 e. The van der Waals surface area contributed by atoms with Crippen LogP contribution in [0.4, 0.5) is 10.7 Å². The Labute approximate surface area is 188 Å². The van der Waals surface area contributed by atoms with Crippen molar-refractivity contribution < 1.29 is 14.1 Å². The fourth-order valence-electron chi connectivity index (χ4n) is 3.69. The molecule has 3 heterocycles. The summed E-state index contributed by atoms with van der Waals surface area (Å²) in [5, 5.41) is 6.73. The van der Waals surface area contributed by atoms with Gasteiger partial charge in [0, 0.05) is 24.3 Å². The fourth-order valence-corrected chi connectivity index (χ4v) is 3.69. The molecule has 1 unspecified atom stereocenters. The van der Waals surface area contributed by atoms with Gasteiger partial charge in [0.1, 0.15) is 11.5 Å². The Bertz CT molecular complexity index is 1130. The highest BCUT2D eigenvalue weighted by Gasteiger charge is 2.25. The second-order valence-electron chi connectivity index (χ2n) is 8.28. The van der Waals surface area contributed by atoms with Crippen LogP contribution >= 0.6 is 0 Å². The number of aryl methyl sites for hydroxylation is 2. The van der Waals surface area contributed by atoms with E-state index in [1.165, 1.54) is 5.57 Å². The maximum Gasteiger partial charge on any atom is 0.324 e. The molecule has 1 N–H and O–H groups in total. The number of hydrogen-bond donors (Lipinski definition) is 1. The molecule has 1 aromatic carbocycles. The normalized spacial score (nSPS) is 17.4. The number of anilines is 1. The molecule has 4 rings (SSSR count). The van der Waals surface area contributed by atoms with Crippen molar-refractivity contribution in [3.63, 3.8) is 0 Å². The number of amides is 2. The SMILES string of the molecule is Cc1ccc(Oc2cccc(/C=C3\CCN(C(=O)Nc4onc(C)c4C)CC3C)c2)cn1. The minimum Gasteiger partial charge on any atom is -0.456 e. The van der Waals surface area contributed by atoms with Crippen LogP contribution in [-0.4, -0.2) is 34.2 Å². The summed E-state index contributed by atoms with van der Waals surface area (Å²) < 4.78 is 11.1. The van der Waals surface area contributed by atoms with Crippen LogP contribution in [0.2, 0.25) is 0 Å². The van der Waals surface area contributed by atoms with Crippen LogP contribution in [0.1, 0.15) is 35.9 Å². The van der Waals surface area contributed by atoms with Gasteiger partial charge in [0.2, 0.25) is 5.88 Å². The van der Waals surface area contributed by atoms with Gasteiger partial charge in [0.05, 0.1) is 11.9 Å². The molecule has 1 atom stereocenters. The minimum absolute atomic E-state index is 0.155. The van der Waals surface area contributed by atoms with Gasteiger partial charge in [-0.1, -0.05) is 35.9 Å². The lowest BCUT2D eigenvalue weighted by Gasteiger charge is -2.33. The highest BCUT2D eigenvalue weighted by Crippen LogP contribution is 2.28. The number of benzene rings is 1. The molecule has 0 radical (unpaired) electrons. The van der Waals surface area contributed by atoms with Gasteiger partial charge >= 0.3 is 6.03 Å². The molecule has 3 aromatic rings. The van der Waals surface area contributed by atoms with Crippen molar-refractivity contribution in [2.24, 2.45) is 5.92 Å². The van der Waals surface area contributed by atoms with Crippen molar-refractivity contribution in [2.45, 2.75) is 34.1 Å². The maximum absolute atomic E-state index is 12.7. The molecule has 7 nitrogen and oxygen atoms in total. The van der Waals surface area contributed by atoms with E-state index in [1.54, 1.807) is 6.20 Å². The van der Waals surface area contributed by atoms with E-state index in [4.69, 9.17) is 9.26 Å². The second kappa shape index (κ2) is 9.26. The van der Waals surface area contributed by atoms with E-state index >= 15 is 0 Å². The number of hydrogen-bond acceptors (Lipinski definition) is 5. The summed E-state index contributed by atoms with van der Waals surface area (Å²) in [6.07, 6.45) is 4.74. The van der Waals surface area contributed by atoms with Crippen LogP contribution in [-0.2, 0) is 0 Å². The van der Waals surface area contributed by atoms with E-state index < -0.39 is 0 Å². The van der Waals surface area contributed by atoms with Gasteiger partial charge < -0.3 is 14.2 Å². The number of likely N-dealkylation sites (tertiary alicyclic amines) is 1. The van der Waals surface area contributed by atoms with Crippen molar-refractivity contribution in [1.29, 1.82) is 0 Å². The van der Waals surface area contributed by atoms with E-state index in [9.17, 15) is 4.79 Å². The fraction of sp³-hybridized carbons (Fsp3) is 0.320. The molecule has 7 heteroatoms.